The summed E-state index contributed by atoms with van der Waals surface area (Å²) in [5.41, 5.74) is 0. The minimum atomic E-state index is -0.100. The van der Waals surface area contributed by atoms with Gasteiger partial charge in [-0.1, -0.05) is 19.8 Å². The maximum absolute atomic E-state index is 12.1. The Bertz CT molecular complexity index is 265. The highest BCUT2D eigenvalue weighted by atomic mass is 16.6. The fourth-order valence-corrected chi connectivity index (χ4v) is 2.94. The second-order valence-corrected chi connectivity index (χ2v) is 5.38. The Hall–Kier alpha value is -0.770. The third kappa shape index (κ3) is 3.37. The van der Waals surface area contributed by atoms with Gasteiger partial charge in [0.05, 0.1) is 12.8 Å². The van der Waals surface area contributed by atoms with Crippen molar-refractivity contribution in [1.29, 1.82) is 0 Å². The number of rotatable bonds is 4. The van der Waals surface area contributed by atoms with Crippen LogP contribution in [-0.4, -0.2) is 48.3 Å². The zero-order chi connectivity index (χ0) is 12.8. The number of carbonyl (C=O) groups is 1. The van der Waals surface area contributed by atoms with Crippen molar-refractivity contribution >= 4 is 6.09 Å². The minimum Gasteiger partial charge on any atom is -0.449 e. The van der Waals surface area contributed by atoms with Gasteiger partial charge in [-0.25, -0.2) is 4.79 Å². The van der Waals surface area contributed by atoms with Crippen molar-refractivity contribution in [3.63, 3.8) is 0 Å². The van der Waals surface area contributed by atoms with Gasteiger partial charge in [-0.15, -0.1) is 0 Å². The Balaban J connectivity index is 1.84. The van der Waals surface area contributed by atoms with E-state index >= 15 is 0 Å². The van der Waals surface area contributed by atoms with Gasteiger partial charge in [0.2, 0.25) is 0 Å². The van der Waals surface area contributed by atoms with Crippen LogP contribution in [-0.2, 0) is 4.74 Å². The van der Waals surface area contributed by atoms with E-state index in [1.807, 2.05) is 4.90 Å². The van der Waals surface area contributed by atoms with Crippen LogP contribution < -0.4 is 0 Å². The summed E-state index contributed by atoms with van der Waals surface area (Å²) in [6.45, 7) is 5.83. The molecule has 0 N–H and O–H groups in total. The highest BCUT2D eigenvalue weighted by Gasteiger charge is 2.34. The van der Waals surface area contributed by atoms with Crippen LogP contribution in [0.3, 0.4) is 0 Å². The zero-order valence-corrected chi connectivity index (χ0v) is 11.6. The third-order valence-corrected chi connectivity index (χ3v) is 3.99. The monoisotopic (exact) mass is 254 g/mol. The molecule has 2 fully saturated rings. The van der Waals surface area contributed by atoms with E-state index in [1.54, 1.807) is 0 Å². The number of hydrogen-bond donors (Lipinski definition) is 0. The lowest BCUT2D eigenvalue weighted by Gasteiger charge is -2.36. The average molecular weight is 254 g/mol. The van der Waals surface area contributed by atoms with Gasteiger partial charge >= 0.3 is 6.09 Å². The van der Waals surface area contributed by atoms with Crippen LogP contribution in [0.4, 0.5) is 4.79 Å². The molecule has 2 rings (SSSR count). The fraction of sp³-hybridized carbons (Fsp3) is 0.929. The zero-order valence-electron chi connectivity index (χ0n) is 11.6. The summed E-state index contributed by atoms with van der Waals surface area (Å²) in [5.74, 6) is 0. The first kappa shape index (κ1) is 13.7. The smallest absolute Gasteiger partial charge is 0.411 e. The van der Waals surface area contributed by atoms with E-state index in [4.69, 9.17) is 4.74 Å². The molecular formula is C14H26N2O2. The highest BCUT2D eigenvalue weighted by molar-refractivity contribution is 5.68. The van der Waals surface area contributed by atoms with Crippen LogP contribution >= 0.6 is 0 Å². The molecule has 2 aliphatic rings. The van der Waals surface area contributed by atoms with E-state index in [-0.39, 0.29) is 6.09 Å². The first-order valence-corrected chi connectivity index (χ1v) is 7.50. The molecule has 1 amide bonds. The van der Waals surface area contributed by atoms with Crippen molar-refractivity contribution in [2.75, 3.05) is 26.2 Å². The summed E-state index contributed by atoms with van der Waals surface area (Å²) in [6.07, 6.45) is 8.36. The summed E-state index contributed by atoms with van der Waals surface area (Å²) in [7, 11) is 0. The molecule has 2 heterocycles. The first-order chi connectivity index (χ1) is 8.83. The summed E-state index contributed by atoms with van der Waals surface area (Å²) in [6, 6.07) is 0. The number of likely N-dealkylation sites (tertiary alicyclic amines) is 2. The van der Waals surface area contributed by atoms with Gasteiger partial charge < -0.3 is 4.74 Å². The number of nitrogens with zero attached hydrogens (tertiary/aromatic N) is 2. The standard InChI is InChI=1S/C14H26N2O2/c1-2-3-12-18-14(17)16-11-7-8-13(16)15-9-5-4-6-10-15/h13H,2-12H2,1H3. The van der Waals surface area contributed by atoms with Gasteiger partial charge in [-0.2, -0.15) is 0 Å². The molecule has 1 unspecified atom stereocenters. The van der Waals surface area contributed by atoms with Crippen LogP contribution in [0.25, 0.3) is 0 Å². The second-order valence-electron chi connectivity index (χ2n) is 5.38. The molecule has 0 spiro atoms. The lowest BCUT2D eigenvalue weighted by Crippen LogP contribution is -2.49. The minimum absolute atomic E-state index is 0.100. The fourth-order valence-electron chi connectivity index (χ4n) is 2.94. The van der Waals surface area contributed by atoms with E-state index in [2.05, 4.69) is 11.8 Å². The number of unbranched alkanes of at least 4 members (excludes halogenated alkanes) is 1. The Morgan fingerprint density at radius 2 is 1.94 bits per heavy atom. The summed E-state index contributed by atoms with van der Waals surface area (Å²) in [4.78, 5) is 16.5. The Kier molecular flexibility index (Phi) is 5.29. The largest absolute Gasteiger partial charge is 0.449 e. The van der Waals surface area contributed by atoms with Crippen molar-refractivity contribution in [3.05, 3.63) is 0 Å². The molecule has 0 bridgehead atoms. The predicted octanol–water partition coefficient (Wildman–Crippen LogP) is 2.83. The lowest BCUT2D eigenvalue weighted by atomic mass is 10.1. The van der Waals surface area contributed by atoms with Crippen molar-refractivity contribution in [3.8, 4) is 0 Å². The molecule has 0 aliphatic carbocycles. The van der Waals surface area contributed by atoms with Crippen molar-refractivity contribution in [2.24, 2.45) is 0 Å². The molecule has 2 aliphatic heterocycles. The van der Waals surface area contributed by atoms with Gasteiger partial charge in [0.25, 0.3) is 0 Å². The van der Waals surface area contributed by atoms with Crippen LogP contribution in [0.2, 0.25) is 0 Å². The molecule has 0 aromatic heterocycles. The normalized spacial score (nSPS) is 25.4. The number of piperidine rings is 1. The van der Waals surface area contributed by atoms with Crippen molar-refractivity contribution in [2.45, 2.75) is 58.0 Å². The van der Waals surface area contributed by atoms with Crippen LogP contribution in [0.1, 0.15) is 51.9 Å². The van der Waals surface area contributed by atoms with E-state index < -0.39 is 0 Å². The van der Waals surface area contributed by atoms with Crippen LogP contribution in [0, 0.1) is 0 Å². The summed E-state index contributed by atoms with van der Waals surface area (Å²) >= 11 is 0. The molecule has 0 saturated carbocycles. The SMILES string of the molecule is CCCCOC(=O)N1CCCC1N1CCCCC1. The average Bonchev–Trinajstić information content (AvgIpc) is 2.89. The van der Waals surface area contributed by atoms with E-state index in [0.717, 1.165) is 45.3 Å². The third-order valence-electron chi connectivity index (χ3n) is 3.99. The van der Waals surface area contributed by atoms with E-state index in [9.17, 15) is 4.79 Å². The number of ether oxygens (including phenoxy) is 1. The Labute approximate surface area is 110 Å². The van der Waals surface area contributed by atoms with Crippen LogP contribution in [0.15, 0.2) is 0 Å². The number of amides is 1. The Morgan fingerprint density at radius 3 is 2.67 bits per heavy atom. The van der Waals surface area contributed by atoms with E-state index in [0.29, 0.717) is 12.8 Å². The number of hydrogen-bond acceptors (Lipinski definition) is 3. The molecule has 104 valence electrons. The molecule has 0 aromatic rings. The molecule has 2 saturated heterocycles. The molecule has 18 heavy (non-hydrogen) atoms. The Morgan fingerprint density at radius 1 is 1.17 bits per heavy atom. The molecule has 1 atom stereocenters. The molecule has 0 radical (unpaired) electrons. The molecular weight excluding hydrogens is 228 g/mol. The van der Waals surface area contributed by atoms with Gasteiger partial charge in [0.15, 0.2) is 0 Å². The van der Waals surface area contributed by atoms with Gasteiger partial charge in [-0.3, -0.25) is 9.80 Å². The first-order valence-electron chi connectivity index (χ1n) is 7.50. The van der Waals surface area contributed by atoms with Crippen LogP contribution in [0.5, 0.6) is 0 Å². The quantitative estimate of drug-likeness (QED) is 0.723. The maximum atomic E-state index is 12.1. The van der Waals surface area contributed by atoms with Gasteiger partial charge in [0, 0.05) is 19.6 Å². The topological polar surface area (TPSA) is 32.8 Å². The van der Waals surface area contributed by atoms with Crippen molar-refractivity contribution in [1.82, 2.24) is 9.80 Å². The second kappa shape index (κ2) is 6.98. The number of carbonyl (C=O) groups excluding carboxylic acids is 1. The molecule has 0 aromatic carbocycles. The van der Waals surface area contributed by atoms with Crippen molar-refractivity contribution < 1.29 is 9.53 Å². The maximum Gasteiger partial charge on any atom is 0.411 e. The predicted molar refractivity (Wildman–Crippen MR) is 71.4 cm³/mol. The molecule has 4 nitrogen and oxygen atoms in total. The van der Waals surface area contributed by atoms with Gasteiger partial charge in [0.1, 0.15) is 0 Å². The van der Waals surface area contributed by atoms with Gasteiger partial charge in [-0.05, 0) is 32.1 Å². The summed E-state index contributed by atoms with van der Waals surface area (Å²) in [5, 5.41) is 0. The highest BCUT2D eigenvalue weighted by Crippen LogP contribution is 2.24. The van der Waals surface area contributed by atoms with E-state index in [1.165, 1.54) is 19.3 Å². The molecule has 4 heteroatoms. The lowest BCUT2D eigenvalue weighted by molar-refractivity contribution is 0.0392. The summed E-state index contributed by atoms with van der Waals surface area (Å²) < 4.78 is 5.35.